The second-order valence-corrected chi connectivity index (χ2v) is 12.7. The van der Waals surface area contributed by atoms with Crippen LogP contribution in [-0.2, 0) is 9.47 Å². The summed E-state index contributed by atoms with van der Waals surface area (Å²) in [6.45, 7) is 10.8. The van der Waals surface area contributed by atoms with Crippen LogP contribution in [0.15, 0.2) is 11.6 Å². The number of ether oxygens (including phenoxy) is 2. The molecule has 6 rings (SSSR count). The zero-order valence-corrected chi connectivity index (χ0v) is 19.5. The summed E-state index contributed by atoms with van der Waals surface area (Å²) in [7, 11) is 0. The zero-order chi connectivity index (χ0) is 20.9. The van der Waals surface area contributed by atoms with Gasteiger partial charge >= 0.3 is 0 Å². The molecule has 0 aromatic heterocycles. The first-order valence-corrected chi connectivity index (χ1v) is 13.0. The molecule has 1 spiro atoms. The SMILES string of the molecule is C[C@@H]1CC[C@@]2(OC1)O[C@H]1C[C@@H]3[C@@H]4CC=C5C[C@H](O)CC[C@]5(C)[C@H]4CC[C@]3(C)[C@H]1[C@@H]2C. The molecule has 0 bridgehead atoms. The number of hydrogen-bond acceptors (Lipinski definition) is 3. The maximum Gasteiger partial charge on any atom is 0.171 e. The molecule has 3 heteroatoms. The molecule has 5 fully saturated rings. The second kappa shape index (κ2) is 6.58. The molecule has 6 aliphatic rings. The quantitative estimate of drug-likeness (QED) is 0.516. The highest BCUT2D eigenvalue weighted by atomic mass is 16.7. The van der Waals surface area contributed by atoms with Crippen molar-refractivity contribution in [3.05, 3.63) is 11.6 Å². The Kier molecular flexibility index (Phi) is 4.44. The molecular formula is C27H42O3. The van der Waals surface area contributed by atoms with Crippen molar-refractivity contribution in [1.82, 2.24) is 0 Å². The van der Waals surface area contributed by atoms with Crippen LogP contribution in [-0.4, -0.2) is 29.7 Å². The highest BCUT2D eigenvalue weighted by Crippen LogP contribution is 2.70. The summed E-state index contributed by atoms with van der Waals surface area (Å²) in [6.07, 6.45) is 13.5. The van der Waals surface area contributed by atoms with E-state index in [2.05, 4.69) is 33.8 Å². The highest BCUT2D eigenvalue weighted by molar-refractivity contribution is 5.26. The monoisotopic (exact) mass is 414 g/mol. The molecule has 0 unspecified atom stereocenters. The first-order valence-electron chi connectivity index (χ1n) is 13.0. The standard InChI is InChI=1S/C27H42O3/c1-16-7-12-27(29-15-16)17(2)24-23(30-27)14-22-20-6-5-18-13-19(28)8-10-25(18,3)21(20)9-11-26(22,24)4/h5,16-17,19-24,28H,6-15H2,1-4H3/t16-,17+,19-,20-,21+,22-,23+,24+,25+,26+,27-/m1/s1. The Morgan fingerprint density at radius 3 is 2.63 bits per heavy atom. The fraction of sp³-hybridized carbons (Fsp3) is 0.926. The van der Waals surface area contributed by atoms with E-state index in [1.54, 1.807) is 5.57 Å². The van der Waals surface area contributed by atoms with Crippen molar-refractivity contribution < 1.29 is 14.6 Å². The van der Waals surface area contributed by atoms with Gasteiger partial charge < -0.3 is 14.6 Å². The van der Waals surface area contributed by atoms with E-state index in [-0.39, 0.29) is 11.9 Å². The number of hydrogen-bond donors (Lipinski definition) is 1. The van der Waals surface area contributed by atoms with E-state index in [0.29, 0.717) is 34.7 Å². The van der Waals surface area contributed by atoms with E-state index in [1.165, 1.54) is 38.5 Å². The Morgan fingerprint density at radius 1 is 1.03 bits per heavy atom. The van der Waals surface area contributed by atoms with Crippen molar-refractivity contribution in [2.24, 2.45) is 46.3 Å². The predicted molar refractivity (Wildman–Crippen MR) is 118 cm³/mol. The molecule has 1 N–H and O–H groups in total. The van der Waals surface area contributed by atoms with Crippen molar-refractivity contribution in [2.75, 3.05) is 6.61 Å². The van der Waals surface area contributed by atoms with Crippen molar-refractivity contribution >= 4 is 0 Å². The predicted octanol–water partition coefficient (Wildman–Crippen LogP) is 5.71. The van der Waals surface area contributed by atoms with Crippen LogP contribution in [0.2, 0.25) is 0 Å². The van der Waals surface area contributed by atoms with Gasteiger partial charge in [-0.15, -0.1) is 0 Å². The minimum absolute atomic E-state index is 0.107. The van der Waals surface area contributed by atoms with Crippen molar-refractivity contribution in [2.45, 2.75) is 103 Å². The first-order chi connectivity index (χ1) is 14.3. The number of rotatable bonds is 0. The van der Waals surface area contributed by atoms with Crippen molar-refractivity contribution in [3.63, 3.8) is 0 Å². The van der Waals surface area contributed by atoms with E-state index in [0.717, 1.165) is 43.6 Å². The Morgan fingerprint density at radius 2 is 1.87 bits per heavy atom. The van der Waals surface area contributed by atoms with Gasteiger partial charge in [0.05, 0.1) is 18.8 Å². The van der Waals surface area contributed by atoms with Gasteiger partial charge in [-0.25, -0.2) is 0 Å². The fourth-order valence-corrected chi connectivity index (χ4v) is 9.66. The van der Waals surface area contributed by atoms with Gasteiger partial charge in [0.1, 0.15) is 0 Å². The van der Waals surface area contributed by atoms with Crippen molar-refractivity contribution in [3.8, 4) is 0 Å². The van der Waals surface area contributed by atoms with Gasteiger partial charge in [-0.1, -0.05) is 39.3 Å². The van der Waals surface area contributed by atoms with Crippen LogP contribution < -0.4 is 0 Å². The smallest absolute Gasteiger partial charge is 0.171 e. The van der Waals surface area contributed by atoms with Crippen LogP contribution in [0.3, 0.4) is 0 Å². The highest BCUT2D eigenvalue weighted by Gasteiger charge is 2.68. The molecular weight excluding hydrogens is 372 g/mol. The summed E-state index contributed by atoms with van der Waals surface area (Å²) in [6, 6.07) is 0. The summed E-state index contributed by atoms with van der Waals surface area (Å²) in [4.78, 5) is 0. The normalized spacial score (nSPS) is 59.8. The second-order valence-electron chi connectivity index (χ2n) is 12.7. The summed E-state index contributed by atoms with van der Waals surface area (Å²) in [5, 5.41) is 10.3. The van der Waals surface area contributed by atoms with Crippen LogP contribution in [0.5, 0.6) is 0 Å². The summed E-state index contributed by atoms with van der Waals surface area (Å²) < 4.78 is 13.3. The van der Waals surface area contributed by atoms with E-state index in [9.17, 15) is 5.11 Å². The topological polar surface area (TPSA) is 38.7 Å². The number of aliphatic hydroxyl groups excluding tert-OH is 1. The lowest BCUT2D eigenvalue weighted by molar-refractivity contribution is -0.272. The molecule has 168 valence electrons. The van der Waals surface area contributed by atoms with E-state index < -0.39 is 0 Å². The van der Waals surface area contributed by atoms with E-state index in [1.807, 2.05) is 0 Å². The van der Waals surface area contributed by atoms with Crippen LogP contribution in [0.25, 0.3) is 0 Å². The molecule has 2 saturated heterocycles. The lowest BCUT2D eigenvalue weighted by Gasteiger charge is -2.58. The molecule has 0 aromatic rings. The lowest BCUT2D eigenvalue weighted by Crippen LogP contribution is -2.52. The molecule has 0 radical (unpaired) electrons. The molecule has 3 nitrogen and oxygen atoms in total. The third-order valence-corrected chi connectivity index (χ3v) is 11.3. The number of aliphatic hydroxyl groups is 1. The van der Waals surface area contributed by atoms with Gasteiger partial charge in [0.25, 0.3) is 0 Å². The number of allylic oxidation sites excluding steroid dienone is 1. The molecule has 11 atom stereocenters. The minimum atomic E-state index is -0.294. The third kappa shape index (κ3) is 2.55. The van der Waals surface area contributed by atoms with E-state index in [4.69, 9.17) is 9.47 Å². The molecule has 30 heavy (non-hydrogen) atoms. The Labute approximate surface area is 183 Å². The Bertz CT molecular complexity index is 736. The van der Waals surface area contributed by atoms with Crippen LogP contribution >= 0.6 is 0 Å². The lowest BCUT2D eigenvalue weighted by atomic mass is 9.47. The number of fused-ring (bicyclic) bond motifs is 7. The van der Waals surface area contributed by atoms with Gasteiger partial charge in [-0.05, 0) is 91.8 Å². The van der Waals surface area contributed by atoms with Crippen molar-refractivity contribution in [1.29, 1.82) is 0 Å². The molecule has 2 aliphatic heterocycles. The van der Waals surface area contributed by atoms with Gasteiger partial charge in [0.2, 0.25) is 0 Å². The maximum absolute atomic E-state index is 10.3. The molecule has 4 aliphatic carbocycles. The molecule has 3 saturated carbocycles. The van der Waals surface area contributed by atoms with Gasteiger partial charge in [0.15, 0.2) is 5.79 Å². The summed E-state index contributed by atoms with van der Waals surface area (Å²) in [5.74, 6) is 3.94. The van der Waals surface area contributed by atoms with Gasteiger partial charge in [-0.3, -0.25) is 0 Å². The average molecular weight is 415 g/mol. The van der Waals surface area contributed by atoms with Crippen LogP contribution in [0.4, 0.5) is 0 Å². The molecule has 0 amide bonds. The van der Waals surface area contributed by atoms with E-state index >= 15 is 0 Å². The summed E-state index contributed by atoms with van der Waals surface area (Å²) in [5.41, 5.74) is 2.31. The first kappa shape index (κ1) is 20.2. The fourth-order valence-electron chi connectivity index (χ4n) is 9.66. The molecule has 2 heterocycles. The van der Waals surface area contributed by atoms with Crippen LogP contribution in [0, 0.1) is 46.3 Å². The Hall–Kier alpha value is -0.380. The Balaban J connectivity index is 1.28. The van der Waals surface area contributed by atoms with Gasteiger partial charge in [-0.2, -0.15) is 0 Å². The molecule has 0 aromatic carbocycles. The summed E-state index contributed by atoms with van der Waals surface area (Å²) >= 11 is 0. The largest absolute Gasteiger partial charge is 0.393 e. The zero-order valence-electron chi connectivity index (χ0n) is 19.5. The van der Waals surface area contributed by atoms with Crippen LogP contribution in [0.1, 0.15) is 85.5 Å². The maximum atomic E-state index is 10.3. The minimum Gasteiger partial charge on any atom is -0.393 e. The average Bonchev–Trinajstić information content (AvgIpc) is 3.16. The third-order valence-electron chi connectivity index (χ3n) is 11.3. The van der Waals surface area contributed by atoms with Gasteiger partial charge in [0, 0.05) is 12.3 Å².